The molecule has 0 amide bonds. The molecule has 0 N–H and O–H groups in total. The van der Waals surface area contributed by atoms with Gasteiger partial charge >= 0.3 is 0 Å². The fraction of sp³-hybridized carbons (Fsp3) is 0.0870. The highest BCUT2D eigenvalue weighted by molar-refractivity contribution is 9.08. The summed E-state index contributed by atoms with van der Waals surface area (Å²) in [5.74, 6) is 0. The molecule has 3 heteroatoms. The third-order valence-electron chi connectivity index (χ3n) is 5.08. The van der Waals surface area contributed by atoms with Gasteiger partial charge in [-0.1, -0.05) is 64.5 Å². The number of nitrogens with zero attached hydrogens (tertiary/aromatic N) is 2. The summed E-state index contributed by atoms with van der Waals surface area (Å²) in [5.41, 5.74) is 10.4. The van der Waals surface area contributed by atoms with Gasteiger partial charge in [0.25, 0.3) is 0 Å². The Bertz CT molecular complexity index is 1080. The predicted octanol–water partition coefficient (Wildman–Crippen LogP) is 6.01. The zero-order valence-corrected chi connectivity index (χ0v) is 15.8. The zero-order chi connectivity index (χ0) is 17.5. The van der Waals surface area contributed by atoms with Crippen molar-refractivity contribution < 1.29 is 0 Å². The highest BCUT2D eigenvalue weighted by atomic mass is 79.9. The molecule has 0 spiro atoms. The lowest BCUT2D eigenvalue weighted by atomic mass is 9.98. The Labute approximate surface area is 161 Å². The van der Waals surface area contributed by atoms with Crippen molar-refractivity contribution in [2.45, 2.75) is 11.8 Å². The Kier molecular flexibility index (Phi) is 3.75. The van der Waals surface area contributed by atoms with Crippen molar-refractivity contribution in [1.82, 2.24) is 9.78 Å². The van der Waals surface area contributed by atoms with Gasteiger partial charge in [-0.15, -0.1) is 0 Å². The Morgan fingerprint density at radius 1 is 0.846 bits per heavy atom. The van der Waals surface area contributed by atoms with Crippen LogP contribution < -0.4 is 0 Å². The first-order valence-corrected chi connectivity index (χ1v) is 9.85. The van der Waals surface area contributed by atoms with Gasteiger partial charge in [-0.2, -0.15) is 5.10 Å². The summed E-state index contributed by atoms with van der Waals surface area (Å²) in [6, 6.07) is 24.2. The molecular formula is C23H17BrN2. The minimum Gasteiger partial charge on any atom is -0.241 e. The van der Waals surface area contributed by atoms with Crippen LogP contribution in [0, 0.1) is 0 Å². The standard InChI is InChI=1S/C23H17BrN2/c24-15-16-2-4-17(5-3-16)18-6-8-22-19(12-18)13-20-14-21(7-9-23(20)22)26-11-1-10-25-26/h1-12,14H,13,15H2. The van der Waals surface area contributed by atoms with E-state index in [1.54, 1.807) is 0 Å². The van der Waals surface area contributed by atoms with Crippen LogP contribution in [-0.4, -0.2) is 9.78 Å². The quantitative estimate of drug-likeness (QED) is 0.339. The van der Waals surface area contributed by atoms with E-state index in [-0.39, 0.29) is 0 Å². The average molecular weight is 401 g/mol. The third-order valence-corrected chi connectivity index (χ3v) is 5.72. The van der Waals surface area contributed by atoms with Crippen LogP contribution in [0.25, 0.3) is 27.9 Å². The highest BCUT2D eigenvalue weighted by Crippen LogP contribution is 2.39. The topological polar surface area (TPSA) is 17.8 Å². The summed E-state index contributed by atoms with van der Waals surface area (Å²) in [6.07, 6.45) is 4.78. The van der Waals surface area contributed by atoms with Crippen LogP contribution in [0.4, 0.5) is 0 Å². The van der Waals surface area contributed by atoms with Crippen molar-refractivity contribution in [2.24, 2.45) is 0 Å². The van der Waals surface area contributed by atoms with E-state index in [4.69, 9.17) is 0 Å². The van der Waals surface area contributed by atoms with Gasteiger partial charge in [-0.25, -0.2) is 4.68 Å². The van der Waals surface area contributed by atoms with Crippen molar-refractivity contribution in [3.63, 3.8) is 0 Å². The maximum Gasteiger partial charge on any atom is 0.0648 e. The van der Waals surface area contributed by atoms with Crippen molar-refractivity contribution in [1.29, 1.82) is 0 Å². The van der Waals surface area contributed by atoms with Gasteiger partial charge in [0, 0.05) is 17.7 Å². The maximum absolute atomic E-state index is 4.34. The summed E-state index contributed by atoms with van der Waals surface area (Å²) in [7, 11) is 0. The van der Waals surface area contributed by atoms with Gasteiger partial charge in [0.2, 0.25) is 0 Å². The Hall–Kier alpha value is -2.65. The second-order valence-corrected chi connectivity index (χ2v) is 7.23. The summed E-state index contributed by atoms with van der Waals surface area (Å²) < 4.78 is 1.92. The van der Waals surface area contributed by atoms with Gasteiger partial charge in [-0.3, -0.25) is 0 Å². The molecule has 0 saturated carbocycles. The van der Waals surface area contributed by atoms with E-state index < -0.39 is 0 Å². The van der Waals surface area contributed by atoms with Crippen molar-refractivity contribution in [3.05, 3.63) is 95.8 Å². The third kappa shape index (κ3) is 2.60. The molecule has 0 fully saturated rings. The van der Waals surface area contributed by atoms with E-state index in [9.17, 15) is 0 Å². The number of benzene rings is 3. The number of fused-ring (bicyclic) bond motifs is 3. The summed E-state index contributed by atoms with van der Waals surface area (Å²) >= 11 is 3.51. The first-order chi connectivity index (χ1) is 12.8. The van der Waals surface area contributed by atoms with Gasteiger partial charge in [0.15, 0.2) is 0 Å². The molecule has 0 aliphatic heterocycles. The van der Waals surface area contributed by atoms with Crippen LogP contribution >= 0.6 is 15.9 Å². The largest absolute Gasteiger partial charge is 0.241 e. The second-order valence-electron chi connectivity index (χ2n) is 6.67. The SMILES string of the molecule is BrCc1ccc(-c2ccc3c(c2)Cc2cc(-n4cccn4)ccc2-3)cc1. The van der Waals surface area contributed by atoms with Gasteiger partial charge in [0.05, 0.1) is 5.69 Å². The second kappa shape index (κ2) is 6.26. The number of aromatic nitrogens is 2. The molecule has 1 aliphatic carbocycles. The van der Waals surface area contributed by atoms with E-state index in [0.717, 1.165) is 17.4 Å². The van der Waals surface area contributed by atoms with Gasteiger partial charge in [-0.05, 0) is 63.6 Å². The van der Waals surface area contributed by atoms with E-state index in [2.05, 4.69) is 81.7 Å². The van der Waals surface area contributed by atoms with Crippen LogP contribution in [-0.2, 0) is 11.8 Å². The molecule has 1 aliphatic rings. The van der Waals surface area contributed by atoms with Crippen LogP contribution in [0.2, 0.25) is 0 Å². The first-order valence-electron chi connectivity index (χ1n) is 8.73. The normalized spacial score (nSPS) is 12.0. The lowest BCUT2D eigenvalue weighted by Gasteiger charge is -2.07. The number of halogens is 1. The number of hydrogen-bond donors (Lipinski definition) is 0. The smallest absolute Gasteiger partial charge is 0.0648 e. The molecule has 0 bridgehead atoms. The number of alkyl halides is 1. The predicted molar refractivity (Wildman–Crippen MR) is 110 cm³/mol. The van der Waals surface area contributed by atoms with E-state index >= 15 is 0 Å². The molecule has 4 aromatic rings. The molecule has 5 rings (SSSR count). The summed E-state index contributed by atoms with van der Waals surface area (Å²) in [5, 5.41) is 5.24. The molecule has 3 aromatic carbocycles. The number of hydrogen-bond acceptors (Lipinski definition) is 1. The molecular weight excluding hydrogens is 384 g/mol. The first kappa shape index (κ1) is 15.6. The minimum atomic E-state index is 0.894. The molecule has 1 aromatic heterocycles. The molecule has 0 unspecified atom stereocenters. The van der Waals surface area contributed by atoms with Crippen molar-refractivity contribution in [3.8, 4) is 27.9 Å². The summed E-state index contributed by atoms with van der Waals surface area (Å²) in [6.45, 7) is 0. The number of rotatable bonds is 3. The Morgan fingerprint density at radius 3 is 2.31 bits per heavy atom. The van der Waals surface area contributed by atoms with E-state index in [1.807, 2.05) is 23.1 Å². The molecule has 1 heterocycles. The maximum atomic E-state index is 4.34. The summed E-state index contributed by atoms with van der Waals surface area (Å²) in [4.78, 5) is 0. The average Bonchev–Trinajstić information content (AvgIpc) is 3.34. The molecule has 26 heavy (non-hydrogen) atoms. The lowest BCUT2D eigenvalue weighted by Crippen LogP contribution is -1.95. The fourth-order valence-electron chi connectivity index (χ4n) is 3.73. The Morgan fingerprint density at radius 2 is 1.58 bits per heavy atom. The lowest BCUT2D eigenvalue weighted by molar-refractivity contribution is 0.879. The van der Waals surface area contributed by atoms with Gasteiger partial charge in [0.1, 0.15) is 0 Å². The fourth-order valence-corrected chi connectivity index (χ4v) is 4.10. The zero-order valence-electron chi connectivity index (χ0n) is 14.2. The molecule has 0 radical (unpaired) electrons. The molecule has 0 saturated heterocycles. The Balaban J connectivity index is 1.51. The van der Waals surface area contributed by atoms with Crippen LogP contribution in [0.5, 0.6) is 0 Å². The molecule has 2 nitrogen and oxygen atoms in total. The van der Waals surface area contributed by atoms with Crippen LogP contribution in [0.1, 0.15) is 16.7 Å². The van der Waals surface area contributed by atoms with Crippen molar-refractivity contribution in [2.75, 3.05) is 0 Å². The van der Waals surface area contributed by atoms with Gasteiger partial charge < -0.3 is 0 Å². The monoisotopic (exact) mass is 400 g/mol. The van der Waals surface area contributed by atoms with Crippen LogP contribution in [0.3, 0.4) is 0 Å². The van der Waals surface area contributed by atoms with E-state index in [1.165, 1.54) is 38.9 Å². The molecule has 0 atom stereocenters. The minimum absolute atomic E-state index is 0.894. The van der Waals surface area contributed by atoms with Crippen LogP contribution in [0.15, 0.2) is 79.1 Å². The molecule has 126 valence electrons. The van der Waals surface area contributed by atoms with E-state index in [0.29, 0.717) is 0 Å². The van der Waals surface area contributed by atoms with Crippen molar-refractivity contribution >= 4 is 15.9 Å². The highest BCUT2D eigenvalue weighted by Gasteiger charge is 2.19.